The molecule has 1 heterocycles. The lowest BCUT2D eigenvalue weighted by atomic mass is 10.1. The smallest absolute Gasteiger partial charge is 0.254 e. The summed E-state index contributed by atoms with van der Waals surface area (Å²) in [5.74, 6) is -0.122. The molecule has 0 fully saturated rings. The molecule has 0 radical (unpaired) electrons. The van der Waals surface area contributed by atoms with E-state index in [0.29, 0.717) is 23.5 Å². The van der Waals surface area contributed by atoms with Crippen LogP contribution in [0.3, 0.4) is 0 Å². The molecule has 1 aromatic carbocycles. The first-order valence-electron chi connectivity index (χ1n) is 5.86. The minimum atomic E-state index is -0.122. The number of nitrogens with two attached hydrogens (primary N) is 2. The SMILES string of the molecule is CN(Cc1cccnc1)C(=O)c1cc(N)cc(N)c1. The summed E-state index contributed by atoms with van der Waals surface area (Å²) < 4.78 is 0. The topological polar surface area (TPSA) is 85.2 Å². The first-order valence-corrected chi connectivity index (χ1v) is 5.86. The second-order valence-electron chi connectivity index (χ2n) is 4.41. The van der Waals surface area contributed by atoms with Crippen molar-refractivity contribution in [2.75, 3.05) is 18.5 Å². The van der Waals surface area contributed by atoms with Gasteiger partial charge in [-0.05, 0) is 29.8 Å². The fraction of sp³-hybridized carbons (Fsp3) is 0.143. The van der Waals surface area contributed by atoms with Gasteiger partial charge in [-0.25, -0.2) is 0 Å². The van der Waals surface area contributed by atoms with E-state index in [0.717, 1.165) is 5.56 Å². The van der Waals surface area contributed by atoms with E-state index in [1.54, 1.807) is 42.5 Å². The predicted octanol–water partition coefficient (Wildman–Crippen LogP) is 1.52. The minimum absolute atomic E-state index is 0.122. The van der Waals surface area contributed by atoms with Crippen molar-refractivity contribution in [1.82, 2.24) is 9.88 Å². The van der Waals surface area contributed by atoms with Crippen molar-refractivity contribution in [2.24, 2.45) is 0 Å². The standard InChI is InChI=1S/C14H16N4O/c1-18(9-10-3-2-4-17-8-10)14(19)11-5-12(15)7-13(16)6-11/h2-8H,9,15-16H2,1H3. The lowest BCUT2D eigenvalue weighted by molar-refractivity contribution is 0.0785. The van der Waals surface area contributed by atoms with Gasteiger partial charge in [-0.1, -0.05) is 6.07 Å². The maximum absolute atomic E-state index is 12.2. The summed E-state index contributed by atoms with van der Waals surface area (Å²) in [6.07, 6.45) is 3.43. The van der Waals surface area contributed by atoms with Gasteiger partial charge in [-0.2, -0.15) is 0 Å². The Morgan fingerprint density at radius 2 is 1.95 bits per heavy atom. The Balaban J connectivity index is 2.15. The Bertz CT molecular complexity index is 563. The van der Waals surface area contributed by atoms with E-state index in [1.165, 1.54) is 0 Å². The molecular weight excluding hydrogens is 240 g/mol. The maximum Gasteiger partial charge on any atom is 0.254 e. The van der Waals surface area contributed by atoms with Crippen LogP contribution in [-0.4, -0.2) is 22.8 Å². The van der Waals surface area contributed by atoms with Gasteiger partial charge in [0.1, 0.15) is 0 Å². The number of nitrogens with zero attached hydrogens (tertiary/aromatic N) is 2. The van der Waals surface area contributed by atoms with Gasteiger partial charge < -0.3 is 16.4 Å². The largest absolute Gasteiger partial charge is 0.399 e. The van der Waals surface area contributed by atoms with Crippen molar-refractivity contribution in [3.8, 4) is 0 Å². The zero-order valence-electron chi connectivity index (χ0n) is 10.7. The van der Waals surface area contributed by atoms with Crippen molar-refractivity contribution in [3.63, 3.8) is 0 Å². The summed E-state index contributed by atoms with van der Waals surface area (Å²) in [7, 11) is 1.73. The molecule has 0 saturated heterocycles. The van der Waals surface area contributed by atoms with Crippen LogP contribution < -0.4 is 11.5 Å². The number of rotatable bonds is 3. The summed E-state index contributed by atoms with van der Waals surface area (Å²) in [5, 5.41) is 0. The van der Waals surface area contributed by atoms with Gasteiger partial charge in [0.05, 0.1) is 0 Å². The highest BCUT2D eigenvalue weighted by Crippen LogP contribution is 2.16. The van der Waals surface area contributed by atoms with Crippen LogP contribution in [0.5, 0.6) is 0 Å². The van der Waals surface area contributed by atoms with Gasteiger partial charge in [0.2, 0.25) is 0 Å². The van der Waals surface area contributed by atoms with Gasteiger partial charge in [0, 0.05) is 42.9 Å². The molecule has 0 aliphatic carbocycles. The Morgan fingerprint density at radius 1 is 1.26 bits per heavy atom. The quantitative estimate of drug-likeness (QED) is 0.815. The number of anilines is 2. The number of carbonyl (C=O) groups excluding carboxylic acids is 1. The third kappa shape index (κ3) is 3.22. The molecule has 0 saturated carbocycles. The minimum Gasteiger partial charge on any atom is -0.399 e. The van der Waals surface area contributed by atoms with E-state index >= 15 is 0 Å². The van der Waals surface area contributed by atoms with Crippen molar-refractivity contribution in [1.29, 1.82) is 0 Å². The van der Waals surface area contributed by atoms with E-state index < -0.39 is 0 Å². The van der Waals surface area contributed by atoms with E-state index in [4.69, 9.17) is 11.5 Å². The number of benzene rings is 1. The summed E-state index contributed by atoms with van der Waals surface area (Å²) >= 11 is 0. The van der Waals surface area contributed by atoms with Gasteiger partial charge >= 0.3 is 0 Å². The Hall–Kier alpha value is -2.56. The average Bonchev–Trinajstić information content (AvgIpc) is 2.37. The molecule has 5 heteroatoms. The summed E-state index contributed by atoms with van der Waals surface area (Å²) in [6, 6.07) is 8.63. The van der Waals surface area contributed by atoms with Crippen LogP contribution in [0.15, 0.2) is 42.7 Å². The third-order valence-corrected chi connectivity index (χ3v) is 2.71. The van der Waals surface area contributed by atoms with Crippen molar-refractivity contribution < 1.29 is 4.79 Å². The van der Waals surface area contributed by atoms with Crippen LogP contribution in [0.2, 0.25) is 0 Å². The number of nitrogen functional groups attached to an aromatic ring is 2. The number of amides is 1. The predicted molar refractivity (Wildman–Crippen MR) is 75.3 cm³/mol. The molecule has 2 rings (SSSR count). The molecule has 1 aromatic heterocycles. The van der Waals surface area contributed by atoms with Crippen molar-refractivity contribution in [2.45, 2.75) is 6.54 Å². The molecule has 1 amide bonds. The number of hydrogen-bond donors (Lipinski definition) is 2. The molecule has 0 unspecified atom stereocenters. The molecule has 0 atom stereocenters. The number of aromatic nitrogens is 1. The molecule has 4 N–H and O–H groups in total. The Morgan fingerprint density at radius 3 is 2.53 bits per heavy atom. The van der Waals surface area contributed by atoms with Gasteiger partial charge in [0.25, 0.3) is 5.91 Å². The zero-order valence-corrected chi connectivity index (χ0v) is 10.7. The van der Waals surface area contributed by atoms with E-state index in [1.807, 2.05) is 12.1 Å². The van der Waals surface area contributed by atoms with E-state index in [2.05, 4.69) is 4.98 Å². The number of pyridine rings is 1. The highest BCUT2D eigenvalue weighted by Gasteiger charge is 2.13. The Labute approximate surface area is 111 Å². The normalized spacial score (nSPS) is 10.2. The molecule has 0 aliphatic rings. The van der Waals surface area contributed by atoms with Gasteiger partial charge in [0.15, 0.2) is 0 Å². The summed E-state index contributed by atoms with van der Waals surface area (Å²) in [6.45, 7) is 0.487. The monoisotopic (exact) mass is 256 g/mol. The zero-order chi connectivity index (χ0) is 13.8. The second kappa shape index (κ2) is 5.39. The first-order chi connectivity index (χ1) is 9.06. The molecule has 19 heavy (non-hydrogen) atoms. The first kappa shape index (κ1) is 12.9. The number of carbonyl (C=O) groups is 1. The molecule has 98 valence electrons. The molecule has 0 bridgehead atoms. The fourth-order valence-electron chi connectivity index (χ4n) is 1.86. The van der Waals surface area contributed by atoms with E-state index in [-0.39, 0.29) is 5.91 Å². The van der Waals surface area contributed by atoms with E-state index in [9.17, 15) is 4.79 Å². The highest BCUT2D eigenvalue weighted by molar-refractivity contribution is 5.95. The van der Waals surface area contributed by atoms with Crippen LogP contribution in [0.1, 0.15) is 15.9 Å². The summed E-state index contributed by atoms with van der Waals surface area (Å²) in [5.41, 5.74) is 13.8. The van der Waals surface area contributed by atoms with Crippen molar-refractivity contribution >= 4 is 17.3 Å². The molecular formula is C14H16N4O. The molecule has 2 aromatic rings. The molecule has 0 aliphatic heterocycles. The molecule has 0 spiro atoms. The highest BCUT2D eigenvalue weighted by atomic mass is 16.2. The van der Waals surface area contributed by atoms with Crippen LogP contribution in [-0.2, 0) is 6.54 Å². The van der Waals surface area contributed by atoms with Crippen LogP contribution in [0.4, 0.5) is 11.4 Å². The van der Waals surface area contributed by atoms with Crippen LogP contribution in [0, 0.1) is 0 Å². The molecule has 5 nitrogen and oxygen atoms in total. The van der Waals surface area contributed by atoms with Crippen LogP contribution >= 0.6 is 0 Å². The number of hydrogen-bond acceptors (Lipinski definition) is 4. The lowest BCUT2D eigenvalue weighted by Gasteiger charge is -2.17. The third-order valence-electron chi connectivity index (χ3n) is 2.71. The average molecular weight is 256 g/mol. The van der Waals surface area contributed by atoms with Gasteiger partial charge in [-0.3, -0.25) is 9.78 Å². The maximum atomic E-state index is 12.2. The Kier molecular flexibility index (Phi) is 3.66. The van der Waals surface area contributed by atoms with Gasteiger partial charge in [-0.15, -0.1) is 0 Å². The summed E-state index contributed by atoms with van der Waals surface area (Å²) in [4.78, 5) is 17.9. The van der Waals surface area contributed by atoms with Crippen molar-refractivity contribution in [3.05, 3.63) is 53.9 Å². The fourth-order valence-corrected chi connectivity index (χ4v) is 1.86. The second-order valence-corrected chi connectivity index (χ2v) is 4.41. The lowest BCUT2D eigenvalue weighted by Crippen LogP contribution is -2.26. The van der Waals surface area contributed by atoms with Crippen LogP contribution in [0.25, 0.3) is 0 Å².